The Bertz CT molecular complexity index is 966. The molecule has 0 saturated heterocycles. The Morgan fingerprint density at radius 2 is 1.65 bits per heavy atom. The molecule has 1 aromatic rings. The fourth-order valence-corrected chi connectivity index (χ4v) is 3.93. The second-order valence-electron chi connectivity index (χ2n) is 9.71. The molecule has 7 nitrogen and oxygen atoms in total. The number of rotatable bonds is 10. The lowest BCUT2D eigenvalue weighted by Gasteiger charge is -2.28. The van der Waals surface area contributed by atoms with Gasteiger partial charge in [0.15, 0.2) is 0 Å². The summed E-state index contributed by atoms with van der Waals surface area (Å²) in [5, 5.41) is 8.61. The SMILES string of the molecule is CCC(C#Cc1ccc(NC(=O)[C@H](CCSC)NC(=O)OC(C)(C)C)cc1)(CC)NC(=O)[C]1[CH][CH][CH][CH]1. The number of thioether (sulfide) groups is 1. The van der Waals surface area contributed by atoms with E-state index in [-0.39, 0.29) is 11.8 Å². The lowest BCUT2D eigenvalue weighted by Crippen LogP contribution is -2.48. The van der Waals surface area contributed by atoms with Gasteiger partial charge in [-0.3, -0.25) is 9.59 Å². The van der Waals surface area contributed by atoms with Crippen LogP contribution in [-0.4, -0.2) is 47.1 Å². The van der Waals surface area contributed by atoms with E-state index >= 15 is 0 Å². The Kier molecular flexibility index (Phi) is 11.8. The van der Waals surface area contributed by atoms with E-state index < -0.39 is 23.3 Å². The summed E-state index contributed by atoms with van der Waals surface area (Å²) in [7, 11) is 0. The zero-order chi connectivity index (χ0) is 27.5. The summed E-state index contributed by atoms with van der Waals surface area (Å²) < 4.78 is 5.30. The number of nitrogens with one attached hydrogen (secondary N) is 3. The number of amides is 3. The highest BCUT2D eigenvalue weighted by molar-refractivity contribution is 7.98. The minimum absolute atomic E-state index is 0.142. The van der Waals surface area contributed by atoms with Gasteiger partial charge in [-0.1, -0.05) is 25.7 Å². The van der Waals surface area contributed by atoms with Crippen molar-refractivity contribution in [3.63, 3.8) is 0 Å². The lowest BCUT2D eigenvalue weighted by atomic mass is 9.91. The van der Waals surface area contributed by atoms with Gasteiger partial charge in [-0.25, -0.2) is 4.79 Å². The monoisotopic (exact) mass is 524 g/mol. The average Bonchev–Trinajstić information content (AvgIpc) is 3.39. The van der Waals surface area contributed by atoms with Crippen LogP contribution in [0.4, 0.5) is 10.5 Å². The Hall–Kier alpha value is -2.66. The maximum atomic E-state index is 12.9. The van der Waals surface area contributed by atoms with Crippen LogP contribution >= 0.6 is 11.8 Å². The maximum Gasteiger partial charge on any atom is 0.408 e. The van der Waals surface area contributed by atoms with Gasteiger partial charge in [0, 0.05) is 11.3 Å². The Labute approximate surface area is 226 Å². The summed E-state index contributed by atoms with van der Waals surface area (Å²) in [6.45, 7) is 9.32. The summed E-state index contributed by atoms with van der Waals surface area (Å²) >= 11 is 1.60. The average molecular weight is 525 g/mol. The molecule has 3 amide bonds. The van der Waals surface area contributed by atoms with Crippen molar-refractivity contribution in [2.75, 3.05) is 17.3 Å². The first kappa shape index (κ1) is 30.6. The van der Waals surface area contributed by atoms with Crippen LogP contribution in [-0.2, 0) is 14.3 Å². The van der Waals surface area contributed by atoms with Crippen LogP contribution in [0.25, 0.3) is 0 Å². The van der Waals surface area contributed by atoms with Crippen molar-refractivity contribution in [2.24, 2.45) is 0 Å². The predicted octanol–water partition coefficient (Wildman–Crippen LogP) is 4.70. The minimum atomic E-state index is -0.720. The van der Waals surface area contributed by atoms with Gasteiger partial charge >= 0.3 is 6.09 Å². The first-order valence-corrected chi connectivity index (χ1v) is 13.9. The molecule has 0 unspecified atom stereocenters. The van der Waals surface area contributed by atoms with Crippen molar-refractivity contribution in [1.82, 2.24) is 10.6 Å². The van der Waals surface area contributed by atoms with E-state index in [0.717, 1.165) is 5.56 Å². The number of alkyl carbamates (subject to hydrolysis) is 1. The normalized spacial score (nSPS) is 14.8. The molecule has 5 radical (unpaired) electrons. The molecule has 1 aliphatic carbocycles. The molecule has 0 aliphatic heterocycles. The highest BCUT2D eigenvalue weighted by Crippen LogP contribution is 2.25. The Balaban J connectivity index is 2.05. The Morgan fingerprint density at radius 3 is 2.19 bits per heavy atom. The van der Waals surface area contributed by atoms with Gasteiger partial charge in [-0.15, -0.1) is 0 Å². The molecule has 1 atom stereocenters. The van der Waals surface area contributed by atoms with Crippen molar-refractivity contribution in [1.29, 1.82) is 0 Å². The van der Waals surface area contributed by atoms with E-state index in [1.807, 2.05) is 45.1 Å². The first-order chi connectivity index (χ1) is 17.5. The molecule has 1 saturated carbocycles. The molecule has 0 heterocycles. The summed E-state index contributed by atoms with van der Waals surface area (Å²) in [6, 6.07) is 6.44. The fraction of sp³-hybridized carbons (Fsp3) is 0.448. The Morgan fingerprint density at radius 1 is 1.03 bits per heavy atom. The largest absolute Gasteiger partial charge is 0.444 e. The second-order valence-corrected chi connectivity index (χ2v) is 10.7. The molecule has 1 fully saturated rings. The van der Waals surface area contributed by atoms with E-state index in [9.17, 15) is 14.4 Å². The van der Waals surface area contributed by atoms with Gasteiger partial charge in [0.05, 0.1) is 5.92 Å². The summed E-state index contributed by atoms with van der Waals surface area (Å²) in [4.78, 5) is 37.7. The van der Waals surface area contributed by atoms with Crippen LogP contribution in [0.15, 0.2) is 24.3 Å². The number of carbonyl (C=O) groups excluding carboxylic acids is 3. The van der Waals surface area contributed by atoms with Gasteiger partial charge < -0.3 is 20.7 Å². The highest BCUT2D eigenvalue weighted by Gasteiger charge is 2.32. The molecule has 1 aliphatic rings. The molecule has 2 rings (SSSR count). The van der Waals surface area contributed by atoms with Gasteiger partial charge in [0.2, 0.25) is 11.8 Å². The lowest BCUT2D eigenvalue weighted by molar-refractivity contribution is -0.120. The maximum absolute atomic E-state index is 12.9. The molecular weight excluding hydrogens is 486 g/mol. The number of hydrogen-bond acceptors (Lipinski definition) is 5. The van der Waals surface area contributed by atoms with Crippen LogP contribution in [0.3, 0.4) is 0 Å². The van der Waals surface area contributed by atoms with E-state index in [0.29, 0.717) is 36.6 Å². The molecular formula is C29H38N3O4S. The van der Waals surface area contributed by atoms with Gasteiger partial charge in [0.25, 0.3) is 0 Å². The van der Waals surface area contributed by atoms with Crippen molar-refractivity contribution < 1.29 is 19.1 Å². The zero-order valence-electron chi connectivity index (χ0n) is 22.6. The molecule has 0 spiro atoms. The fourth-order valence-electron chi connectivity index (χ4n) is 3.46. The van der Waals surface area contributed by atoms with E-state index in [4.69, 9.17) is 4.74 Å². The molecule has 37 heavy (non-hydrogen) atoms. The van der Waals surface area contributed by atoms with E-state index in [1.165, 1.54) is 0 Å². The molecule has 3 N–H and O–H groups in total. The van der Waals surface area contributed by atoms with Crippen molar-refractivity contribution in [2.45, 2.75) is 71.1 Å². The summed E-state index contributed by atoms with van der Waals surface area (Å²) in [5.41, 5.74) is 0.0649. The van der Waals surface area contributed by atoms with E-state index in [2.05, 4.69) is 27.8 Å². The van der Waals surface area contributed by atoms with Crippen LogP contribution in [0, 0.1) is 43.4 Å². The third-order valence-corrected chi connectivity index (χ3v) is 6.35. The van der Waals surface area contributed by atoms with Crippen molar-refractivity contribution >= 4 is 35.4 Å². The molecule has 8 heteroatoms. The van der Waals surface area contributed by atoms with Crippen LogP contribution in [0.5, 0.6) is 0 Å². The number of carbonyl (C=O) groups is 3. The van der Waals surface area contributed by atoms with Gasteiger partial charge in [-0.2, -0.15) is 11.8 Å². The molecule has 199 valence electrons. The first-order valence-electron chi connectivity index (χ1n) is 12.5. The van der Waals surface area contributed by atoms with Crippen LogP contribution in [0.2, 0.25) is 0 Å². The van der Waals surface area contributed by atoms with Crippen LogP contribution < -0.4 is 16.0 Å². The van der Waals surface area contributed by atoms with Crippen molar-refractivity contribution in [3.8, 4) is 11.8 Å². The summed E-state index contributed by atoms with van der Waals surface area (Å²) in [5.74, 6) is 7.28. The standard InChI is InChI=1S/C29H38N3O4S/c1-7-29(8-2,32-25(33)22-11-9-10-12-22)19-17-21-13-15-23(16-14-21)30-26(34)24(18-20-37-6)31-27(35)36-28(3,4)5/h9-16,24H,7-8,18,20H2,1-6H3,(H,30,34)(H,31,35)(H,32,33)/t24-/m0/s1. The number of ether oxygens (including phenoxy) is 1. The highest BCUT2D eigenvalue weighted by atomic mass is 32.2. The molecule has 0 aromatic heterocycles. The molecule has 1 aromatic carbocycles. The number of hydrogen-bond donors (Lipinski definition) is 3. The number of anilines is 1. The van der Waals surface area contributed by atoms with Gasteiger partial charge in [0.1, 0.15) is 17.2 Å². The zero-order valence-corrected chi connectivity index (χ0v) is 23.4. The van der Waals surface area contributed by atoms with E-state index in [1.54, 1.807) is 57.5 Å². The van der Waals surface area contributed by atoms with Crippen LogP contribution in [0.1, 0.15) is 59.4 Å². The predicted molar refractivity (Wildman–Crippen MR) is 150 cm³/mol. The van der Waals surface area contributed by atoms with Crippen molar-refractivity contribution in [3.05, 3.63) is 61.4 Å². The van der Waals surface area contributed by atoms with Gasteiger partial charge in [-0.05, 0) is 102 Å². The second kappa shape index (κ2) is 14.3. The third-order valence-electron chi connectivity index (χ3n) is 5.70. The topological polar surface area (TPSA) is 96.5 Å². The minimum Gasteiger partial charge on any atom is -0.444 e. The summed E-state index contributed by atoms with van der Waals surface area (Å²) in [6.07, 6.45) is 10.3. The number of benzene rings is 1. The molecule has 0 bridgehead atoms. The smallest absolute Gasteiger partial charge is 0.408 e. The third kappa shape index (κ3) is 10.3. The quantitative estimate of drug-likeness (QED) is 0.386.